The molecule has 0 aromatic heterocycles. The van der Waals surface area contributed by atoms with Crippen LogP contribution in [0.3, 0.4) is 0 Å². The van der Waals surface area contributed by atoms with Crippen molar-refractivity contribution in [1.82, 2.24) is 10.0 Å². The lowest BCUT2D eigenvalue weighted by atomic mass is 10.3. The van der Waals surface area contributed by atoms with Crippen molar-refractivity contribution >= 4 is 32.6 Å². The van der Waals surface area contributed by atoms with Crippen LogP contribution < -0.4 is 10.0 Å². The Morgan fingerprint density at radius 3 is 2.33 bits per heavy atom. The van der Waals surface area contributed by atoms with Gasteiger partial charge in [-0.1, -0.05) is 13.8 Å². The zero-order valence-corrected chi connectivity index (χ0v) is 13.6. The van der Waals surface area contributed by atoms with E-state index in [9.17, 15) is 8.42 Å². The molecule has 1 aromatic rings. The molecule has 0 amide bonds. The van der Waals surface area contributed by atoms with Crippen LogP contribution in [0, 0.1) is 3.57 Å². The van der Waals surface area contributed by atoms with E-state index in [1.165, 1.54) is 0 Å². The molecule has 4 nitrogen and oxygen atoms in total. The molecule has 1 aromatic carbocycles. The fourth-order valence-corrected chi connectivity index (χ4v) is 2.82. The Bertz CT molecular complexity index is 457. The second-order valence-corrected chi connectivity index (χ2v) is 7.33. The molecule has 0 spiro atoms. The molecule has 0 fully saturated rings. The average molecular weight is 382 g/mol. The van der Waals surface area contributed by atoms with Gasteiger partial charge < -0.3 is 5.32 Å². The van der Waals surface area contributed by atoms with Crippen LogP contribution in [0.15, 0.2) is 29.2 Å². The number of hydrogen-bond donors (Lipinski definition) is 2. The highest BCUT2D eigenvalue weighted by Gasteiger charge is 2.12. The molecule has 0 saturated carbocycles. The van der Waals surface area contributed by atoms with E-state index in [2.05, 4.69) is 46.5 Å². The van der Waals surface area contributed by atoms with Crippen molar-refractivity contribution < 1.29 is 8.42 Å². The second kappa shape index (κ2) is 7.42. The predicted octanol–water partition coefficient (Wildman–Crippen LogP) is 1.96. The van der Waals surface area contributed by atoms with Crippen molar-refractivity contribution in [2.75, 3.05) is 13.1 Å². The third-order valence-electron chi connectivity index (χ3n) is 2.32. The largest absolute Gasteiger partial charge is 0.314 e. The first-order chi connectivity index (χ1) is 8.42. The standard InChI is InChI=1S/C12H19IN2O2S/c1-10(2)14-8-3-9-15-18(16,17)12-6-4-11(13)5-7-12/h4-7,10,14-15H,3,8-9H2,1-2H3. The van der Waals surface area contributed by atoms with Gasteiger partial charge in [0.15, 0.2) is 0 Å². The van der Waals surface area contributed by atoms with E-state index in [1.54, 1.807) is 24.3 Å². The molecule has 0 radical (unpaired) electrons. The summed E-state index contributed by atoms with van der Waals surface area (Å²) in [6.07, 6.45) is 0.780. The van der Waals surface area contributed by atoms with Gasteiger partial charge in [0.05, 0.1) is 4.90 Å². The highest BCUT2D eigenvalue weighted by atomic mass is 127. The highest BCUT2D eigenvalue weighted by Crippen LogP contribution is 2.11. The van der Waals surface area contributed by atoms with Crippen molar-refractivity contribution in [2.45, 2.75) is 31.2 Å². The summed E-state index contributed by atoms with van der Waals surface area (Å²) in [4.78, 5) is 0.319. The molecule has 18 heavy (non-hydrogen) atoms. The maximum atomic E-state index is 11.9. The number of halogens is 1. The average Bonchev–Trinajstić information content (AvgIpc) is 2.28. The summed E-state index contributed by atoms with van der Waals surface area (Å²) in [5, 5.41) is 3.24. The minimum atomic E-state index is -3.36. The molecule has 0 aliphatic rings. The molecule has 0 heterocycles. The predicted molar refractivity (Wildman–Crippen MR) is 82.1 cm³/mol. The topological polar surface area (TPSA) is 58.2 Å². The van der Waals surface area contributed by atoms with E-state index in [0.29, 0.717) is 17.5 Å². The molecule has 0 atom stereocenters. The van der Waals surface area contributed by atoms with Gasteiger partial charge in [0, 0.05) is 16.2 Å². The zero-order valence-electron chi connectivity index (χ0n) is 10.6. The van der Waals surface area contributed by atoms with Gasteiger partial charge in [0.1, 0.15) is 0 Å². The van der Waals surface area contributed by atoms with Gasteiger partial charge in [-0.25, -0.2) is 13.1 Å². The minimum absolute atomic E-state index is 0.319. The van der Waals surface area contributed by atoms with E-state index in [-0.39, 0.29) is 0 Å². The van der Waals surface area contributed by atoms with E-state index < -0.39 is 10.0 Å². The summed E-state index contributed by atoms with van der Waals surface area (Å²) in [6.45, 7) is 5.40. The lowest BCUT2D eigenvalue weighted by Crippen LogP contribution is -2.29. The van der Waals surface area contributed by atoms with Gasteiger partial charge in [0.2, 0.25) is 10.0 Å². The lowest BCUT2D eigenvalue weighted by molar-refractivity contribution is 0.554. The first-order valence-corrected chi connectivity index (χ1v) is 8.46. The quantitative estimate of drug-likeness (QED) is 0.560. The summed E-state index contributed by atoms with van der Waals surface area (Å²) in [6, 6.07) is 7.25. The Kier molecular flexibility index (Phi) is 6.54. The Balaban J connectivity index is 2.43. The first-order valence-electron chi connectivity index (χ1n) is 5.90. The van der Waals surface area contributed by atoms with Crippen LogP contribution in [0.25, 0.3) is 0 Å². The summed E-state index contributed by atoms with van der Waals surface area (Å²) in [5.41, 5.74) is 0. The summed E-state index contributed by atoms with van der Waals surface area (Å²) in [5.74, 6) is 0. The van der Waals surface area contributed by atoms with Crippen LogP contribution >= 0.6 is 22.6 Å². The number of hydrogen-bond acceptors (Lipinski definition) is 3. The zero-order chi connectivity index (χ0) is 13.6. The summed E-state index contributed by atoms with van der Waals surface area (Å²) >= 11 is 2.15. The van der Waals surface area contributed by atoms with Crippen LogP contribution in [0.2, 0.25) is 0 Å². The molecule has 6 heteroatoms. The number of rotatable bonds is 7. The van der Waals surface area contributed by atoms with Crippen LogP contribution in [0.5, 0.6) is 0 Å². The molecule has 0 unspecified atom stereocenters. The first kappa shape index (κ1) is 15.9. The van der Waals surface area contributed by atoms with Crippen LogP contribution in [-0.2, 0) is 10.0 Å². The van der Waals surface area contributed by atoms with Gasteiger partial charge >= 0.3 is 0 Å². The Morgan fingerprint density at radius 1 is 1.17 bits per heavy atom. The molecule has 0 saturated heterocycles. The second-order valence-electron chi connectivity index (χ2n) is 4.31. The van der Waals surface area contributed by atoms with Gasteiger partial charge in [-0.05, 0) is 59.8 Å². The molecule has 102 valence electrons. The number of sulfonamides is 1. The highest BCUT2D eigenvalue weighted by molar-refractivity contribution is 14.1. The van der Waals surface area contributed by atoms with Crippen molar-refractivity contribution in [3.63, 3.8) is 0 Å². The van der Waals surface area contributed by atoms with Crippen molar-refractivity contribution in [1.29, 1.82) is 0 Å². The summed E-state index contributed by atoms with van der Waals surface area (Å²) in [7, 11) is -3.36. The summed E-state index contributed by atoms with van der Waals surface area (Å²) < 4.78 is 27.4. The SMILES string of the molecule is CC(C)NCCCNS(=O)(=O)c1ccc(I)cc1. The number of nitrogens with one attached hydrogen (secondary N) is 2. The number of benzene rings is 1. The normalized spacial score (nSPS) is 12.0. The van der Waals surface area contributed by atoms with E-state index in [0.717, 1.165) is 16.5 Å². The van der Waals surface area contributed by atoms with Gasteiger partial charge in [-0.3, -0.25) is 0 Å². The minimum Gasteiger partial charge on any atom is -0.314 e. The molecular formula is C12H19IN2O2S. The fraction of sp³-hybridized carbons (Fsp3) is 0.500. The Hall–Kier alpha value is -0.180. The van der Waals surface area contributed by atoms with E-state index in [4.69, 9.17) is 0 Å². The monoisotopic (exact) mass is 382 g/mol. The van der Waals surface area contributed by atoms with Crippen LogP contribution in [0.1, 0.15) is 20.3 Å². The Morgan fingerprint density at radius 2 is 1.78 bits per heavy atom. The van der Waals surface area contributed by atoms with Crippen LogP contribution in [-0.4, -0.2) is 27.5 Å². The molecule has 0 aliphatic carbocycles. The van der Waals surface area contributed by atoms with Crippen molar-refractivity contribution in [2.24, 2.45) is 0 Å². The Labute approximate surface area is 123 Å². The third kappa shape index (κ3) is 5.64. The maximum Gasteiger partial charge on any atom is 0.240 e. The lowest BCUT2D eigenvalue weighted by Gasteiger charge is -2.09. The van der Waals surface area contributed by atoms with Gasteiger partial charge in [0.25, 0.3) is 0 Å². The molecule has 1 rings (SSSR count). The van der Waals surface area contributed by atoms with E-state index in [1.807, 2.05) is 0 Å². The molecular weight excluding hydrogens is 363 g/mol. The maximum absolute atomic E-state index is 11.9. The smallest absolute Gasteiger partial charge is 0.240 e. The van der Waals surface area contributed by atoms with Crippen LogP contribution in [0.4, 0.5) is 0 Å². The van der Waals surface area contributed by atoms with Gasteiger partial charge in [-0.15, -0.1) is 0 Å². The van der Waals surface area contributed by atoms with Gasteiger partial charge in [-0.2, -0.15) is 0 Å². The van der Waals surface area contributed by atoms with E-state index >= 15 is 0 Å². The van der Waals surface area contributed by atoms with Crippen molar-refractivity contribution in [3.05, 3.63) is 27.8 Å². The molecule has 0 bridgehead atoms. The molecule has 0 aliphatic heterocycles. The fourth-order valence-electron chi connectivity index (χ4n) is 1.38. The van der Waals surface area contributed by atoms with Crippen molar-refractivity contribution in [3.8, 4) is 0 Å². The molecule has 2 N–H and O–H groups in total. The third-order valence-corrected chi connectivity index (χ3v) is 4.52.